The molecule has 0 aromatic rings. The number of carboxylic acid groups (broad SMARTS) is 1. The molecule has 0 aromatic carbocycles. The van der Waals surface area contributed by atoms with E-state index in [1.54, 1.807) is 0 Å². The summed E-state index contributed by atoms with van der Waals surface area (Å²) in [5, 5.41) is 11.3. The van der Waals surface area contributed by atoms with E-state index in [-0.39, 0.29) is 6.61 Å². The number of rotatable bonds is 10. The fourth-order valence-electron chi connectivity index (χ4n) is 1.75. The molecule has 142 valence electrons. The molecule has 24 heavy (non-hydrogen) atoms. The van der Waals surface area contributed by atoms with E-state index in [9.17, 15) is 9.59 Å². The van der Waals surface area contributed by atoms with Crippen molar-refractivity contribution in [1.29, 1.82) is 0 Å². The zero-order chi connectivity index (χ0) is 19.0. The summed E-state index contributed by atoms with van der Waals surface area (Å²) < 4.78 is 16.3. The number of carbonyl (C=O) groups is 2. The highest BCUT2D eigenvalue weighted by Gasteiger charge is 2.24. The number of amides is 1. The summed E-state index contributed by atoms with van der Waals surface area (Å²) in [6, 6.07) is 0. The van der Waals surface area contributed by atoms with Gasteiger partial charge in [0.2, 0.25) is 0 Å². The lowest BCUT2D eigenvalue weighted by molar-refractivity contribution is -0.150. The molecule has 0 saturated carbocycles. The number of nitrogens with one attached hydrogen (secondary N) is 1. The number of carboxylic acids is 1. The lowest BCUT2D eigenvalue weighted by Crippen LogP contribution is -2.37. The minimum absolute atomic E-state index is 0.323. The molecule has 1 amide bonds. The Morgan fingerprint density at radius 3 is 1.96 bits per heavy atom. The fourth-order valence-corrected chi connectivity index (χ4v) is 1.75. The predicted molar refractivity (Wildman–Crippen MR) is 91.2 cm³/mol. The Hall–Kier alpha value is -1.34. The molecule has 0 fully saturated rings. The maximum absolute atomic E-state index is 11.6. The quantitative estimate of drug-likeness (QED) is 0.631. The molecule has 0 radical (unpaired) electrons. The first-order chi connectivity index (χ1) is 10.7. The van der Waals surface area contributed by atoms with Crippen LogP contribution in [0.1, 0.15) is 61.3 Å². The van der Waals surface area contributed by atoms with E-state index in [4.69, 9.17) is 19.3 Å². The molecule has 0 bridgehead atoms. The van der Waals surface area contributed by atoms with E-state index in [2.05, 4.69) is 5.32 Å². The van der Waals surface area contributed by atoms with Crippen LogP contribution in [0.15, 0.2) is 0 Å². The SMILES string of the molecule is CC(C)(C)OC(=O)NCCC(C)(C)OCCC(C)(C)OCC(=O)O. The predicted octanol–water partition coefficient (Wildman–Crippen LogP) is 2.97. The lowest BCUT2D eigenvalue weighted by Gasteiger charge is -2.29. The third kappa shape index (κ3) is 13.1. The van der Waals surface area contributed by atoms with Crippen molar-refractivity contribution in [3.8, 4) is 0 Å². The molecule has 0 aliphatic carbocycles. The van der Waals surface area contributed by atoms with Crippen LogP contribution in [0.4, 0.5) is 4.79 Å². The van der Waals surface area contributed by atoms with Gasteiger partial charge in [-0.2, -0.15) is 0 Å². The monoisotopic (exact) mass is 347 g/mol. The first-order valence-corrected chi connectivity index (χ1v) is 8.19. The third-order valence-corrected chi connectivity index (χ3v) is 3.18. The zero-order valence-corrected chi connectivity index (χ0v) is 16.0. The van der Waals surface area contributed by atoms with Crippen molar-refractivity contribution < 1.29 is 28.9 Å². The van der Waals surface area contributed by atoms with Crippen LogP contribution in [0.5, 0.6) is 0 Å². The van der Waals surface area contributed by atoms with Crippen molar-refractivity contribution in [2.75, 3.05) is 19.8 Å². The maximum atomic E-state index is 11.6. The number of alkyl carbamates (subject to hydrolysis) is 1. The highest BCUT2D eigenvalue weighted by Crippen LogP contribution is 2.19. The zero-order valence-electron chi connectivity index (χ0n) is 16.0. The largest absolute Gasteiger partial charge is 0.480 e. The molecule has 0 rings (SSSR count). The van der Waals surface area contributed by atoms with Gasteiger partial charge in [-0.1, -0.05) is 0 Å². The molecule has 0 atom stereocenters. The third-order valence-electron chi connectivity index (χ3n) is 3.18. The van der Waals surface area contributed by atoms with Crippen LogP contribution in [-0.2, 0) is 19.0 Å². The van der Waals surface area contributed by atoms with Crippen LogP contribution in [0.25, 0.3) is 0 Å². The Bertz CT molecular complexity index is 412. The van der Waals surface area contributed by atoms with Crippen LogP contribution < -0.4 is 5.32 Å². The summed E-state index contributed by atoms with van der Waals surface area (Å²) in [5.74, 6) is -0.988. The lowest BCUT2D eigenvalue weighted by atomic mass is 10.0. The average Bonchev–Trinajstić information content (AvgIpc) is 2.33. The summed E-state index contributed by atoms with van der Waals surface area (Å²) in [6.45, 7) is 13.5. The molecule has 0 aromatic heterocycles. The van der Waals surface area contributed by atoms with Gasteiger partial charge in [0.05, 0.1) is 17.8 Å². The molecule has 0 aliphatic heterocycles. The molecule has 2 N–H and O–H groups in total. The number of carbonyl (C=O) groups excluding carboxylic acids is 1. The first-order valence-electron chi connectivity index (χ1n) is 8.19. The molecule has 0 unspecified atom stereocenters. The molecule has 7 nitrogen and oxygen atoms in total. The van der Waals surface area contributed by atoms with Gasteiger partial charge in [0.1, 0.15) is 12.2 Å². The Morgan fingerprint density at radius 2 is 1.46 bits per heavy atom. The Kier molecular flexibility index (Phi) is 8.71. The van der Waals surface area contributed by atoms with Crippen LogP contribution in [0.2, 0.25) is 0 Å². The van der Waals surface area contributed by atoms with Crippen LogP contribution in [0, 0.1) is 0 Å². The molecular weight excluding hydrogens is 314 g/mol. The Balaban J connectivity index is 4.05. The first kappa shape index (κ1) is 22.7. The number of hydrogen-bond acceptors (Lipinski definition) is 5. The Morgan fingerprint density at radius 1 is 0.917 bits per heavy atom. The molecule has 0 heterocycles. The molecule has 7 heteroatoms. The summed E-state index contributed by atoms with van der Waals surface area (Å²) in [7, 11) is 0. The van der Waals surface area contributed by atoms with E-state index in [0.29, 0.717) is 26.0 Å². The van der Waals surface area contributed by atoms with E-state index < -0.39 is 28.9 Å². The van der Waals surface area contributed by atoms with Gasteiger partial charge in [0, 0.05) is 6.54 Å². The minimum Gasteiger partial charge on any atom is -0.480 e. The van der Waals surface area contributed by atoms with E-state index in [0.717, 1.165) is 0 Å². The van der Waals surface area contributed by atoms with Gasteiger partial charge in [0.25, 0.3) is 0 Å². The van der Waals surface area contributed by atoms with Crippen LogP contribution >= 0.6 is 0 Å². The topological polar surface area (TPSA) is 94.1 Å². The number of hydrogen-bond donors (Lipinski definition) is 2. The second-order valence-electron chi connectivity index (χ2n) is 7.98. The van der Waals surface area contributed by atoms with E-state index >= 15 is 0 Å². The van der Waals surface area contributed by atoms with Gasteiger partial charge in [-0.25, -0.2) is 9.59 Å². The van der Waals surface area contributed by atoms with Crippen molar-refractivity contribution in [2.24, 2.45) is 0 Å². The van der Waals surface area contributed by atoms with Gasteiger partial charge >= 0.3 is 12.1 Å². The number of aliphatic carboxylic acids is 1. The molecular formula is C17H33NO6. The summed E-state index contributed by atoms with van der Waals surface area (Å²) >= 11 is 0. The fraction of sp³-hybridized carbons (Fsp3) is 0.882. The van der Waals surface area contributed by atoms with Crippen molar-refractivity contribution in [2.45, 2.75) is 78.1 Å². The van der Waals surface area contributed by atoms with Gasteiger partial charge in [-0.3, -0.25) is 0 Å². The molecule has 0 aliphatic rings. The molecule has 0 saturated heterocycles. The van der Waals surface area contributed by atoms with Crippen LogP contribution in [0.3, 0.4) is 0 Å². The van der Waals surface area contributed by atoms with Gasteiger partial charge in [0.15, 0.2) is 0 Å². The van der Waals surface area contributed by atoms with E-state index in [1.807, 2.05) is 48.5 Å². The summed E-state index contributed by atoms with van der Waals surface area (Å²) in [5.41, 5.74) is -1.50. The van der Waals surface area contributed by atoms with Crippen molar-refractivity contribution in [3.63, 3.8) is 0 Å². The van der Waals surface area contributed by atoms with Gasteiger partial charge in [-0.15, -0.1) is 0 Å². The highest BCUT2D eigenvalue weighted by atomic mass is 16.6. The summed E-state index contributed by atoms with van der Waals surface area (Å²) in [4.78, 5) is 22.1. The highest BCUT2D eigenvalue weighted by molar-refractivity contribution is 5.68. The number of ether oxygens (including phenoxy) is 3. The smallest absolute Gasteiger partial charge is 0.407 e. The molecule has 0 spiro atoms. The minimum atomic E-state index is -0.988. The van der Waals surface area contributed by atoms with Crippen molar-refractivity contribution in [3.05, 3.63) is 0 Å². The van der Waals surface area contributed by atoms with E-state index in [1.165, 1.54) is 0 Å². The normalized spacial score (nSPS) is 12.8. The van der Waals surface area contributed by atoms with Gasteiger partial charge < -0.3 is 24.6 Å². The second-order valence-corrected chi connectivity index (χ2v) is 7.98. The maximum Gasteiger partial charge on any atom is 0.407 e. The standard InChI is InChI=1S/C17H33NO6/c1-15(2,3)24-14(21)18-10-8-16(4,5)22-11-9-17(6,7)23-12-13(19)20/h8-12H2,1-7H3,(H,18,21)(H,19,20). The average molecular weight is 347 g/mol. The van der Waals surface area contributed by atoms with Crippen molar-refractivity contribution >= 4 is 12.1 Å². The second kappa shape index (κ2) is 9.22. The van der Waals surface area contributed by atoms with Crippen LogP contribution in [-0.4, -0.2) is 53.7 Å². The Labute approximate surface area is 145 Å². The van der Waals surface area contributed by atoms with Crippen molar-refractivity contribution in [1.82, 2.24) is 5.32 Å². The van der Waals surface area contributed by atoms with Gasteiger partial charge in [-0.05, 0) is 61.3 Å². The summed E-state index contributed by atoms with van der Waals surface area (Å²) in [6.07, 6.45) is 0.757.